The summed E-state index contributed by atoms with van der Waals surface area (Å²) >= 11 is 0. The number of nitrogens with zero attached hydrogens (tertiary/aromatic N) is 1. The van der Waals surface area contributed by atoms with Crippen molar-refractivity contribution in [2.75, 3.05) is 7.11 Å². The zero-order valence-electron chi connectivity index (χ0n) is 14.3. The lowest BCUT2D eigenvalue weighted by molar-refractivity contribution is -0.385. The topological polar surface area (TPSA) is 98.5 Å². The Bertz CT molecular complexity index is 852. The number of methoxy groups -OCH3 is 1. The van der Waals surface area contributed by atoms with Crippen LogP contribution in [0.2, 0.25) is 0 Å². The molecule has 0 aliphatic carbocycles. The van der Waals surface area contributed by atoms with E-state index in [4.69, 9.17) is 0 Å². The van der Waals surface area contributed by atoms with Crippen LogP contribution in [0.15, 0.2) is 42.5 Å². The van der Waals surface area contributed by atoms with Crippen LogP contribution in [0.4, 0.5) is 14.5 Å². The first kappa shape index (κ1) is 20.0. The molecule has 2 aromatic carbocycles. The first-order valence-electron chi connectivity index (χ1n) is 7.85. The van der Waals surface area contributed by atoms with E-state index in [9.17, 15) is 28.5 Å². The maximum Gasteiger partial charge on any atom is 0.328 e. The standard InChI is InChI=1S/C18H16F2N2O5/c1-27-18(24)15(9-11-5-2-3-8-16(11)22(25)26)21-17(23)10-12-13(19)6-4-7-14(12)20/h2-8,15H,9-10H2,1H3,(H,21,23)/t15-/m1/s1. The Hall–Kier alpha value is -3.36. The Morgan fingerprint density at radius 1 is 1.15 bits per heavy atom. The van der Waals surface area contributed by atoms with E-state index in [1.807, 2.05) is 0 Å². The molecule has 1 N–H and O–H groups in total. The quantitative estimate of drug-likeness (QED) is 0.453. The molecule has 0 bridgehead atoms. The van der Waals surface area contributed by atoms with Crippen molar-refractivity contribution in [3.05, 3.63) is 75.3 Å². The third-order valence-electron chi connectivity index (χ3n) is 3.83. The minimum Gasteiger partial charge on any atom is -0.467 e. The molecule has 0 aliphatic heterocycles. The van der Waals surface area contributed by atoms with Gasteiger partial charge in [0, 0.05) is 23.6 Å². The van der Waals surface area contributed by atoms with Crippen LogP contribution in [0.1, 0.15) is 11.1 Å². The van der Waals surface area contributed by atoms with Crippen molar-refractivity contribution in [2.24, 2.45) is 0 Å². The molecule has 1 atom stereocenters. The van der Waals surface area contributed by atoms with E-state index in [1.165, 1.54) is 18.2 Å². The minimum atomic E-state index is -1.25. The Labute approximate surface area is 153 Å². The number of hydrogen-bond acceptors (Lipinski definition) is 5. The van der Waals surface area contributed by atoms with Gasteiger partial charge in [-0.15, -0.1) is 0 Å². The van der Waals surface area contributed by atoms with Crippen LogP contribution in [0.5, 0.6) is 0 Å². The number of halogens is 2. The summed E-state index contributed by atoms with van der Waals surface area (Å²) in [6.45, 7) is 0. The second-order valence-corrected chi connectivity index (χ2v) is 5.61. The van der Waals surface area contributed by atoms with Crippen LogP contribution in [-0.4, -0.2) is 30.0 Å². The van der Waals surface area contributed by atoms with Gasteiger partial charge in [-0.25, -0.2) is 13.6 Å². The van der Waals surface area contributed by atoms with Gasteiger partial charge in [0.1, 0.15) is 17.7 Å². The fraction of sp³-hybridized carbons (Fsp3) is 0.222. The molecule has 1 amide bonds. The van der Waals surface area contributed by atoms with Crippen molar-refractivity contribution >= 4 is 17.6 Å². The highest BCUT2D eigenvalue weighted by Crippen LogP contribution is 2.20. The van der Waals surface area contributed by atoms with E-state index < -0.39 is 46.5 Å². The number of rotatable bonds is 7. The van der Waals surface area contributed by atoms with Gasteiger partial charge in [-0.05, 0) is 12.1 Å². The molecule has 0 radical (unpaired) electrons. The highest BCUT2D eigenvalue weighted by Gasteiger charge is 2.26. The van der Waals surface area contributed by atoms with Crippen LogP contribution in [0, 0.1) is 21.7 Å². The molecular formula is C18H16F2N2O5. The van der Waals surface area contributed by atoms with E-state index >= 15 is 0 Å². The van der Waals surface area contributed by atoms with E-state index in [0.29, 0.717) is 0 Å². The monoisotopic (exact) mass is 378 g/mol. The molecule has 0 spiro atoms. The van der Waals surface area contributed by atoms with Gasteiger partial charge in [-0.3, -0.25) is 14.9 Å². The summed E-state index contributed by atoms with van der Waals surface area (Å²) in [6.07, 6.45) is -0.849. The van der Waals surface area contributed by atoms with E-state index in [2.05, 4.69) is 10.1 Å². The zero-order chi connectivity index (χ0) is 20.0. The van der Waals surface area contributed by atoms with Crippen LogP contribution in [-0.2, 0) is 27.2 Å². The van der Waals surface area contributed by atoms with Crippen molar-refractivity contribution in [1.82, 2.24) is 5.32 Å². The highest BCUT2D eigenvalue weighted by atomic mass is 19.1. The Kier molecular flexibility index (Phi) is 6.53. The number of hydrogen-bond donors (Lipinski definition) is 1. The third kappa shape index (κ3) is 5.06. The van der Waals surface area contributed by atoms with Crippen molar-refractivity contribution in [2.45, 2.75) is 18.9 Å². The average molecular weight is 378 g/mol. The van der Waals surface area contributed by atoms with E-state index in [-0.39, 0.29) is 17.7 Å². The molecule has 0 fully saturated rings. The lowest BCUT2D eigenvalue weighted by Crippen LogP contribution is -2.44. The SMILES string of the molecule is COC(=O)[C@@H](Cc1ccccc1[N+](=O)[O-])NC(=O)Cc1c(F)cccc1F. The van der Waals surface area contributed by atoms with Crippen LogP contribution < -0.4 is 5.32 Å². The largest absolute Gasteiger partial charge is 0.467 e. The van der Waals surface area contributed by atoms with Crippen molar-refractivity contribution in [3.63, 3.8) is 0 Å². The van der Waals surface area contributed by atoms with Gasteiger partial charge in [-0.2, -0.15) is 0 Å². The summed E-state index contributed by atoms with van der Waals surface area (Å²) in [5.41, 5.74) is -0.458. The summed E-state index contributed by atoms with van der Waals surface area (Å²) in [4.78, 5) is 34.6. The van der Waals surface area contributed by atoms with Crippen molar-refractivity contribution < 1.29 is 28.0 Å². The van der Waals surface area contributed by atoms with Crippen LogP contribution in [0.3, 0.4) is 0 Å². The number of ether oxygens (including phenoxy) is 1. The van der Waals surface area contributed by atoms with Gasteiger partial charge in [0.25, 0.3) is 5.69 Å². The van der Waals surface area contributed by atoms with E-state index in [1.54, 1.807) is 6.07 Å². The second-order valence-electron chi connectivity index (χ2n) is 5.61. The minimum absolute atomic E-state index is 0.204. The van der Waals surface area contributed by atoms with Crippen molar-refractivity contribution in [1.29, 1.82) is 0 Å². The Balaban J connectivity index is 2.19. The number of para-hydroxylation sites is 1. The number of nitro benzene ring substituents is 1. The van der Waals surface area contributed by atoms with Gasteiger partial charge in [0.2, 0.25) is 5.91 Å². The number of nitrogens with one attached hydrogen (secondary N) is 1. The fourth-order valence-electron chi connectivity index (χ4n) is 2.52. The third-order valence-corrected chi connectivity index (χ3v) is 3.83. The number of nitro groups is 1. The van der Waals surface area contributed by atoms with Crippen LogP contribution >= 0.6 is 0 Å². The summed E-state index contributed by atoms with van der Waals surface area (Å²) in [7, 11) is 1.09. The lowest BCUT2D eigenvalue weighted by atomic mass is 10.0. The lowest BCUT2D eigenvalue weighted by Gasteiger charge is -2.17. The summed E-state index contributed by atoms with van der Waals surface area (Å²) in [5.74, 6) is -3.44. The average Bonchev–Trinajstić information content (AvgIpc) is 2.64. The van der Waals surface area contributed by atoms with Gasteiger partial charge in [0.15, 0.2) is 0 Å². The number of carbonyl (C=O) groups excluding carboxylic acids is 2. The molecule has 0 saturated carbocycles. The first-order valence-corrected chi connectivity index (χ1v) is 7.85. The number of carbonyl (C=O) groups is 2. The molecule has 0 aromatic heterocycles. The summed E-state index contributed by atoms with van der Waals surface area (Å²) in [5, 5.41) is 13.4. The number of benzene rings is 2. The van der Waals surface area contributed by atoms with Gasteiger partial charge in [0.05, 0.1) is 18.5 Å². The van der Waals surface area contributed by atoms with Crippen LogP contribution in [0.25, 0.3) is 0 Å². The predicted molar refractivity (Wildman–Crippen MR) is 90.8 cm³/mol. The Morgan fingerprint density at radius 2 is 1.78 bits per heavy atom. The molecular weight excluding hydrogens is 362 g/mol. The molecule has 0 saturated heterocycles. The molecule has 142 valence electrons. The molecule has 0 aliphatic rings. The fourth-order valence-corrected chi connectivity index (χ4v) is 2.52. The highest BCUT2D eigenvalue weighted by molar-refractivity contribution is 5.86. The molecule has 2 rings (SSSR count). The smallest absolute Gasteiger partial charge is 0.328 e. The van der Waals surface area contributed by atoms with Crippen molar-refractivity contribution in [3.8, 4) is 0 Å². The van der Waals surface area contributed by atoms with Gasteiger partial charge in [-0.1, -0.05) is 24.3 Å². The number of esters is 1. The summed E-state index contributed by atoms with van der Waals surface area (Å²) in [6, 6.07) is 7.66. The summed E-state index contributed by atoms with van der Waals surface area (Å²) < 4.78 is 32.0. The molecule has 27 heavy (non-hydrogen) atoms. The maximum atomic E-state index is 13.7. The first-order chi connectivity index (χ1) is 12.8. The molecule has 2 aromatic rings. The normalized spacial score (nSPS) is 11.5. The number of amides is 1. The van der Waals surface area contributed by atoms with E-state index in [0.717, 1.165) is 25.3 Å². The van der Waals surface area contributed by atoms with Gasteiger partial charge >= 0.3 is 5.97 Å². The molecule has 9 heteroatoms. The zero-order valence-corrected chi connectivity index (χ0v) is 14.3. The van der Waals surface area contributed by atoms with Gasteiger partial charge < -0.3 is 10.1 Å². The molecule has 0 heterocycles. The Morgan fingerprint density at radius 3 is 2.37 bits per heavy atom. The maximum absolute atomic E-state index is 13.7. The predicted octanol–water partition coefficient (Wildman–Crippen LogP) is 2.32. The second kappa shape index (κ2) is 8.84. The molecule has 0 unspecified atom stereocenters. The molecule has 7 nitrogen and oxygen atoms in total.